The van der Waals surface area contributed by atoms with Gasteiger partial charge in [-0.1, -0.05) is 13.0 Å². The second-order valence-corrected chi connectivity index (χ2v) is 6.67. The topological polar surface area (TPSA) is 29.9 Å². The molecule has 1 aliphatic carbocycles. The number of fused-ring (bicyclic) bond motifs is 1. The number of thiophene rings is 1. The van der Waals surface area contributed by atoms with Crippen LogP contribution in [-0.2, 0) is 0 Å². The van der Waals surface area contributed by atoms with Crippen LogP contribution in [-0.4, -0.2) is 16.3 Å². The van der Waals surface area contributed by atoms with Gasteiger partial charge < -0.3 is 5.32 Å². The lowest BCUT2D eigenvalue weighted by Gasteiger charge is -2.30. The highest BCUT2D eigenvalue weighted by molar-refractivity contribution is 7.13. The summed E-state index contributed by atoms with van der Waals surface area (Å²) in [6, 6.07) is 7.02. The molecule has 0 amide bonds. The van der Waals surface area contributed by atoms with Gasteiger partial charge in [0.05, 0.1) is 10.9 Å². The summed E-state index contributed by atoms with van der Waals surface area (Å²) in [6.07, 6.45) is 3.91. The molecule has 0 radical (unpaired) electrons. The van der Waals surface area contributed by atoms with Crippen molar-refractivity contribution in [2.45, 2.75) is 32.2 Å². The first kappa shape index (κ1) is 10.6. The van der Waals surface area contributed by atoms with Crippen molar-refractivity contribution in [3.8, 4) is 10.6 Å². The Hall–Kier alpha value is -1.29. The van der Waals surface area contributed by atoms with Gasteiger partial charge in [-0.3, -0.25) is 0 Å². The standard InChI is InChI=1S/C14H17N3S/c1-14(5-6-14)12-4-7-15-13-9-10(16-17(12)13)11-3-2-8-18-11/h2-3,8-9,12,15H,4-7H2,1H3. The van der Waals surface area contributed by atoms with Crippen molar-refractivity contribution < 1.29 is 0 Å². The van der Waals surface area contributed by atoms with Crippen molar-refractivity contribution in [2.75, 3.05) is 11.9 Å². The molecule has 0 saturated heterocycles. The molecule has 2 aromatic heterocycles. The van der Waals surface area contributed by atoms with Crippen molar-refractivity contribution in [3.05, 3.63) is 23.6 Å². The molecule has 1 unspecified atom stereocenters. The molecule has 1 atom stereocenters. The van der Waals surface area contributed by atoms with E-state index in [-0.39, 0.29) is 0 Å². The molecule has 2 aliphatic rings. The first-order valence-corrected chi connectivity index (χ1v) is 7.52. The van der Waals surface area contributed by atoms with Crippen molar-refractivity contribution in [2.24, 2.45) is 5.41 Å². The predicted molar refractivity (Wildman–Crippen MR) is 75.0 cm³/mol. The summed E-state index contributed by atoms with van der Waals surface area (Å²) in [4.78, 5) is 1.26. The Morgan fingerprint density at radius 3 is 3.11 bits per heavy atom. The van der Waals surface area contributed by atoms with Crippen molar-refractivity contribution >= 4 is 17.2 Å². The van der Waals surface area contributed by atoms with E-state index in [1.54, 1.807) is 11.3 Å². The number of hydrogen-bond acceptors (Lipinski definition) is 3. The highest BCUT2D eigenvalue weighted by Gasteiger charge is 2.47. The summed E-state index contributed by atoms with van der Waals surface area (Å²) in [5.74, 6) is 1.20. The van der Waals surface area contributed by atoms with Crippen LogP contribution >= 0.6 is 11.3 Å². The van der Waals surface area contributed by atoms with Gasteiger partial charge in [-0.05, 0) is 36.1 Å². The monoisotopic (exact) mass is 259 g/mol. The first-order chi connectivity index (χ1) is 8.76. The van der Waals surface area contributed by atoms with Gasteiger partial charge in [-0.2, -0.15) is 5.10 Å². The normalized spacial score (nSPS) is 24.4. The number of anilines is 1. The van der Waals surface area contributed by atoms with Crippen LogP contribution < -0.4 is 5.32 Å². The summed E-state index contributed by atoms with van der Waals surface area (Å²) in [7, 11) is 0. The SMILES string of the molecule is CC1(C2CCNc3cc(-c4cccs4)nn32)CC1. The number of hydrogen-bond donors (Lipinski definition) is 1. The molecule has 2 aromatic rings. The second-order valence-electron chi connectivity index (χ2n) is 5.72. The average Bonchev–Trinajstić information content (AvgIpc) is 2.88. The molecule has 94 valence electrons. The molecule has 0 bridgehead atoms. The van der Waals surface area contributed by atoms with E-state index in [0.717, 1.165) is 12.2 Å². The maximum Gasteiger partial charge on any atom is 0.125 e. The minimum Gasteiger partial charge on any atom is -0.370 e. The molecule has 4 heteroatoms. The van der Waals surface area contributed by atoms with Crippen molar-refractivity contribution in [3.63, 3.8) is 0 Å². The Morgan fingerprint density at radius 2 is 2.39 bits per heavy atom. The van der Waals surface area contributed by atoms with Gasteiger partial charge >= 0.3 is 0 Å². The number of aromatic nitrogens is 2. The van der Waals surface area contributed by atoms with Gasteiger partial charge in [0.15, 0.2) is 0 Å². The number of nitrogens with zero attached hydrogens (tertiary/aromatic N) is 2. The van der Waals surface area contributed by atoms with Gasteiger partial charge in [0.25, 0.3) is 0 Å². The summed E-state index contributed by atoms with van der Waals surface area (Å²) >= 11 is 1.76. The second kappa shape index (κ2) is 3.60. The fourth-order valence-corrected chi connectivity index (χ4v) is 3.62. The third-order valence-electron chi connectivity index (χ3n) is 4.37. The Kier molecular flexibility index (Phi) is 2.13. The Morgan fingerprint density at radius 1 is 1.50 bits per heavy atom. The summed E-state index contributed by atoms with van der Waals surface area (Å²) < 4.78 is 2.24. The van der Waals surface area contributed by atoms with E-state index >= 15 is 0 Å². The smallest absolute Gasteiger partial charge is 0.125 e. The quantitative estimate of drug-likeness (QED) is 0.889. The van der Waals surface area contributed by atoms with Crippen LogP contribution in [0.1, 0.15) is 32.2 Å². The molecule has 1 fully saturated rings. The first-order valence-electron chi connectivity index (χ1n) is 6.64. The van der Waals surface area contributed by atoms with Crippen LogP contribution in [0.25, 0.3) is 10.6 Å². The zero-order chi connectivity index (χ0) is 12.2. The molecule has 18 heavy (non-hydrogen) atoms. The third-order valence-corrected chi connectivity index (χ3v) is 5.26. The third kappa shape index (κ3) is 1.52. The van der Waals surface area contributed by atoms with Crippen LogP contribution in [0.2, 0.25) is 0 Å². The Labute approximate surface area is 111 Å². The van der Waals surface area contributed by atoms with E-state index < -0.39 is 0 Å². The summed E-state index contributed by atoms with van der Waals surface area (Å²) in [5.41, 5.74) is 1.61. The minimum atomic E-state index is 0.496. The van der Waals surface area contributed by atoms with Crippen molar-refractivity contribution in [1.29, 1.82) is 0 Å². The average molecular weight is 259 g/mol. The summed E-state index contributed by atoms with van der Waals surface area (Å²) in [5, 5.41) is 10.4. The van der Waals surface area contributed by atoms with E-state index in [1.807, 2.05) is 0 Å². The van der Waals surface area contributed by atoms with E-state index in [0.29, 0.717) is 11.5 Å². The van der Waals surface area contributed by atoms with Crippen LogP contribution in [0.5, 0.6) is 0 Å². The number of nitrogens with one attached hydrogen (secondary N) is 1. The molecular weight excluding hydrogens is 242 g/mol. The van der Waals surface area contributed by atoms with Gasteiger partial charge in [0.2, 0.25) is 0 Å². The lowest BCUT2D eigenvalue weighted by Crippen LogP contribution is -2.28. The molecular formula is C14H17N3S. The number of rotatable bonds is 2. The summed E-state index contributed by atoms with van der Waals surface area (Å²) in [6.45, 7) is 3.48. The van der Waals surface area contributed by atoms with Gasteiger partial charge in [-0.15, -0.1) is 11.3 Å². The van der Waals surface area contributed by atoms with Gasteiger partial charge in [0.1, 0.15) is 11.5 Å². The fourth-order valence-electron chi connectivity index (χ4n) is 2.94. The molecule has 1 aliphatic heterocycles. The fraction of sp³-hybridized carbons (Fsp3) is 0.500. The van der Waals surface area contributed by atoms with E-state index in [1.165, 1.54) is 30.0 Å². The maximum atomic E-state index is 4.85. The van der Waals surface area contributed by atoms with Gasteiger partial charge in [-0.25, -0.2) is 4.68 Å². The molecule has 0 spiro atoms. The van der Waals surface area contributed by atoms with E-state index in [4.69, 9.17) is 5.10 Å². The van der Waals surface area contributed by atoms with Gasteiger partial charge in [0, 0.05) is 12.6 Å². The minimum absolute atomic E-state index is 0.496. The molecule has 3 heterocycles. The maximum absolute atomic E-state index is 4.85. The lowest BCUT2D eigenvalue weighted by molar-refractivity contribution is 0.285. The van der Waals surface area contributed by atoms with E-state index in [2.05, 4.69) is 40.5 Å². The molecule has 1 saturated carbocycles. The van der Waals surface area contributed by atoms with Crippen molar-refractivity contribution in [1.82, 2.24) is 9.78 Å². The highest BCUT2D eigenvalue weighted by atomic mass is 32.1. The zero-order valence-electron chi connectivity index (χ0n) is 10.5. The Balaban J connectivity index is 1.77. The van der Waals surface area contributed by atoms with Crippen LogP contribution in [0.4, 0.5) is 5.82 Å². The predicted octanol–water partition coefficient (Wildman–Crippen LogP) is 3.77. The van der Waals surface area contributed by atoms with E-state index in [9.17, 15) is 0 Å². The Bertz CT molecular complexity index is 566. The van der Waals surface area contributed by atoms with Crippen LogP contribution in [0.15, 0.2) is 23.6 Å². The highest BCUT2D eigenvalue weighted by Crippen LogP contribution is 2.56. The molecule has 1 N–H and O–H groups in total. The molecule has 3 nitrogen and oxygen atoms in total. The molecule has 0 aromatic carbocycles. The van der Waals surface area contributed by atoms with Crippen LogP contribution in [0.3, 0.4) is 0 Å². The largest absolute Gasteiger partial charge is 0.370 e. The molecule has 4 rings (SSSR count). The lowest BCUT2D eigenvalue weighted by atomic mass is 9.95. The zero-order valence-corrected chi connectivity index (χ0v) is 11.3. The van der Waals surface area contributed by atoms with Crippen LogP contribution in [0, 0.1) is 5.41 Å².